The Morgan fingerprint density at radius 2 is 2.17 bits per heavy atom. The lowest BCUT2D eigenvalue weighted by atomic mass is 10.0. The van der Waals surface area contributed by atoms with Gasteiger partial charge in [-0.15, -0.1) is 0 Å². The van der Waals surface area contributed by atoms with Crippen LogP contribution in [0, 0.1) is 11.3 Å². The Bertz CT molecular complexity index is 314. The van der Waals surface area contributed by atoms with Crippen molar-refractivity contribution in [1.82, 2.24) is 0 Å². The third kappa shape index (κ3) is 0.661. The summed E-state index contributed by atoms with van der Waals surface area (Å²) in [5.41, 5.74) is 4.22. The first-order chi connectivity index (χ1) is 5.49. The van der Waals surface area contributed by atoms with Crippen LogP contribution in [0.2, 0.25) is 0 Å². The predicted molar refractivity (Wildman–Crippen MR) is 36.4 cm³/mol. The van der Waals surface area contributed by atoms with Crippen LogP contribution >= 0.6 is 7.82 Å². The van der Waals surface area contributed by atoms with E-state index in [2.05, 4.69) is 0 Å². The number of nitrogens with two attached hydrogens (primary N) is 1. The molecule has 0 amide bonds. The molecular formula is C5H7N2O4P. The third-order valence-electron chi connectivity index (χ3n) is 1.98. The van der Waals surface area contributed by atoms with Crippen LogP contribution in [0.15, 0.2) is 0 Å². The average Bonchev–Trinajstić information content (AvgIpc) is 2.32. The van der Waals surface area contributed by atoms with E-state index in [1.54, 1.807) is 13.0 Å². The molecule has 0 aromatic rings. The second-order valence-corrected chi connectivity index (χ2v) is 4.13. The van der Waals surface area contributed by atoms with Crippen molar-refractivity contribution in [3.8, 4) is 6.07 Å². The Balaban J connectivity index is 2.42. The maximum Gasteiger partial charge on any atom is 0.483 e. The normalized spacial score (nSPS) is 56.1. The number of nitrogens with zero attached hydrogens (tertiary/aromatic N) is 1. The molecule has 3 saturated heterocycles. The first-order valence-electron chi connectivity index (χ1n) is 3.42. The van der Waals surface area contributed by atoms with Gasteiger partial charge in [0.25, 0.3) is 0 Å². The lowest BCUT2D eigenvalue weighted by Crippen LogP contribution is -2.58. The first-order valence-corrected chi connectivity index (χ1v) is 4.88. The summed E-state index contributed by atoms with van der Waals surface area (Å²) in [6.45, 7) is 1.69. The van der Waals surface area contributed by atoms with Crippen molar-refractivity contribution in [2.24, 2.45) is 5.73 Å². The maximum atomic E-state index is 11.1. The highest BCUT2D eigenvalue weighted by Gasteiger charge is 2.78. The highest BCUT2D eigenvalue weighted by atomic mass is 31.2. The molecule has 3 fully saturated rings. The second-order valence-electron chi connectivity index (χ2n) is 2.69. The van der Waals surface area contributed by atoms with E-state index in [4.69, 9.17) is 24.6 Å². The largest absolute Gasteiger partial charge is 0.483 e. The predicted octanol–water partition coefficient (Wildman–Crippen LogP) is 0.456. The summed E-state index contributed by atoms with van der Waals surface area (Å²) < 4.78 is 25.4. The zero-order valence-corrected chi connectivity index (χ0v) is 7.21. The Hall–Kier alpha value is -0.440. The van der Waals surface area contributed by atoms with E-state index in [1.165, 1.54) is 0 Å². The lowest BCUT2D eigenvalue weighted by molar-refractivity contribution is -0.169. The second kappa shape index (κ2) is 1.90. The van der Waals surface area contributed by atoms with Gasteiger partial charge in [0.2, 0.25) is 0 Å². The van der Waals surface area contributed by atoms with Crippen molar-refractivity contribution >= 4 is 7.82 Å². The van der Waals surface area contributed by atoms with Crippen molar-refractivity contribution in [2.75, 3.05) is 0 Å². The summed E-state index contributed by atoms with van der Waals surface area (Å²) >= 11 is 0. The summed E-state index contributed by atoms with van der Waals surface area (Å²) in [7, 11) is -3.47. The van der Waals surface area contributed by atoms with Gasteiger partial charge < -0.3 is 0 Å². The van der Waals surface area contributed by atoms with Crippen molar-refractivity contribution in [3.63, 3.8) is 0 Å². The topological polar surface area (TPSA) is 94.6 Å². The molecule has 0 aromatic heterocycles. The van der Waals surface area contributed by atoms with Crippen LogP contribution in [-0.2, 0) is 18.1 Å². The van der Waals surface area contributed by atoms with Gasteiger partial charge in [-0.2, -0.15) is 5.26 Å². The van der Waals surface area contributed by atoms with Crippen molar-refractivity contribution in [3.05, 3.63) is 0 Å². The molecule has 0 spiro atoms. The molecule has 3 aliphatic rings. The highest BCUT2D eigenvalue weighted by Crippen LogP contribution is 2.76. The van der Waals surface area contributed by atoms with Gasteiger partial charge in [0.05, 0.1) is 0 Å². The van der Waals surface area contributed by atoms with Crippen LogP contribution in [-0.4, -0.2) is 11.5 Å². The molecule has 66 valence electrons. The quantitative estimate of drug-likeness (QED) is 0.603. The molecule has 3 aliphatic heterocycles. The summed E-state index contributed by atoms with van der Waals surface area (Å²) in [6, 6.07) is 1.71. The van der Waals surface area contributed by atoms with Crippen molar-refractivity contribution in [2.45, 2.75) is 24.9 Å². The minimum atomic E-state index is -3.47. The number of rotatable bonds is 1. The molecule has 7 heteroatoms. The standard InChI is InChI=1S/C5H7N2O4P/c1-2-4(7)5(3-6)10-12(8,9-4)11-5/h2,7H2,1H3. The Kier molecular flexibility index (Phi) is 1.29. The number of phosphoric acid groups is 1. The zero-order valence-electron chi connectivity index (χ0n) is 6.31. The minimum Gasteiger partial charge on any atom is -0.297 e. The van der Waals surface area contributed by atoms with Crippen LogP contribution in [0.3, 0.4) is 0 Å². The summed E-state index contributed by atoms with van der Waals surface area (Å²) in [6.07, 6.45) is 0.296. The molecule has 1 unspecified atom stereocenters. The molecule has 0 radical (unpaired) electrons. The zero-order chi connectivity index (χ0) is 9.04. The van der Waals surface area contributed by atoms with Crippen molar-refractivity contribution < 1.29 is 18.1 Å². The Morgan fingerprint density at radius 1 is 1.58 bits per heavy atom. The number of hydrogen-bond acceptors (Lipinski definition) is 6. The molecule has 0 saturated carbocycles. The smallest absolute Gasteiger partial charge is 0.297 e. The van der Waals surface area contributed by atoms with Crippen LogP contribution in [0.4, 0.5) is 0 Å². The van der Waals surface area contributed by atoms with Crippen LogP contribution in [0.5, 0.6) is 0 Å². The van der Waals surface area contributed by atoms with Gasteiger partial charge in [-0.1, -0.05) is 6.92 Å². The van der Waals surface area contributed by atoms with E-state index < -0.39 is 19.3 Å². The number of nitriles is 1. The Morgan fingerprint density at radius 3 is 2.50 bits per heavy atom. The molecular weight excluding hydrogens is 183 g/mol. The summed E-state index contributed by atoms with van der Waals surface area (Å²) in [4.78, 5) is 0. The molecule has 12 heavy (non-hydrogen) atoms. The van der Waals surface area contributed by atoms with Gasteiger partial charge in [-0.05, 0) is 6.42 Å². The van der Waals surface area contributed by atoms with E-state index in [1.807, 2.05) is 0 Å². The van der Waals surface area contributed by atoms with Gasteiger partial charge >= 0.3 is 13.6 Å². The number of hydrogen-bond donors (Lipinski definition) is 1. The maximum absolute atomic E-state index is 11.1. The molecule has 3 rings (SSSR count). The van der Waals surface area contributed by atoms with Gasteiger partial charge in [0, 0.05) is 0 Å². The minimum absolute atomic E-state index is 0.296. The van der Waals surface area contributed by atoms with Crippen LogP contribution < -0.4 is 5.73 Å². The fourth-order valence-electron chi connectivity index (χ4n) is 1.21. The van der Waals surface area contributed by atoms with Gasteiger partial charge in [0.1, 0.15) is 6.07 Å². The first kappa shape index (κ1) is 8.17. The average molecular weight is 190 g/mol. The van der Waals surface area contributed by atoms with E-state index in [0.29, 0.717) is 6.42 Å². The highest BCUT2D eigenvalue weighted by molar-refractivity contribution is 7.50. The molecule has 2 bridgehead atoms. The number of phosphoric ester groups is 1. The van der Waals surface area contributed by atoms with Crippen molar-refractivity contribution in [1.29, 1.82) is 5.26 Å². The van der Waals surface area contributed by atoms with Crippen LogP contribution in [0.25, 0.3) is 0 Å². The lowest BCUT2D eigenvalue weighted by Gasteiger charge is -2.32. The molecule has 2 N–H and O–H groups in total. The van der Waals surface area contributed by atoms with E-state index in [9.17, 15) is 4.57 Å². The van der Waals surface area contributed by atoms with E-state index >= 15 is 0 Å². The van der Waals surface area contributed by atoms with E-state index in [-0.39, 0.29) is 0 Å². The SMILES string of the molecule is CCC1(N)OP2(=O)OC1(C#N)O2. The van der Waals surface area contributed by atoms with Gasteiger partial charge in [-0.3, -0.25) is 10.3 Å². The molecule has 0 aliphatic carbocycles. The molecule has 1 atom stereocenters. The Labute approximate surface area is 68.8 Å². The summed E-state index contributed by atoms with van der Waals surface area (Å²) in [5, 5.41) is 8.66. The van der Waals surface area contributed by atoms with E-state index in [0.717, 1.165) is 0 Å². The number of fused-ring (bicyclic) bond motifs is 1. The van der Waals surface area contributed by atoms with Crippen LogP contribution in [0.1, 0.15) is 13.3 Å². The molecule has 0 aromatic carbocycles. The monoisotopic (exact) mass is 190 g/mol. The third-order valence-corrected chi connectivity index (χ3v) is 3.50. The summed E-state index contributed by atoms with van der Waals surface area (Å²) in [5.74, 6) is -1.66. The van der Waals surface area contributed by atoms with Gasteiger partial charge in [0.15, 0.2) is 5.72 Å². The fraction of sp³-hybridized carbons (Fsp3) is 0.800. The molecule has 3 heterocycles. The fourth-order valence-corrected chi connectivity index (χ4v) is 2.96. The molecule has 6 nitrogen and oxygen atoms in total. The van der Waals surface area contributed by atoms with Gasteiger partial charge in [-0.25, -0.2) is 13.6 Å².